The van der Waals surface area contributed by atoms with Crippen molar-refractivity contribution in [2.75, 3.05) is 6.54 Å². The van der Waals surface area contributed by atoms with Crippen LogP contribution in [0.2, 0.25) is 0 Å². The zero-order valence-electron chi connectivity index (χ0n) is 11.4. The van der Waals surface area contributed by atoms with Gasteiger partial charge in [0.1, 0.15) is 0 Å². The molecule has 20 heavy (non-hydrogen) atoms. The summed E-state index contributed by atoms with van der Waals surface area (Å²) in [6, 6.07) is 5.51. The first-order chi connectivity index (χ1) is 9.38. The molecular formula is C15H18F3NO. The number of carbonyl (C=O) groups excluding carboxylic acids is 1. The number of alkyl halides is 3. The van der Waals surface area contributed by atoms with Gasteiger partial charge in [0.15, 0.2) is 0 Å². The molecule has 0 aliphatic carbocycles. The van der Waals surface area contributed by atoms with Gasteiger partial charge in [0, 0.05) is 19.0 Å². The van der Waals surface area contributed by atoms with Gasteiger partial charge in [0.05, 0.1) is 5.56 Å². The molecule has 0 aromatic heterocycles. The smallest absolute Gasteiger partial charge is 0.340 e. The van der Waals surface area contributed by atoms with Gasteiger partial charge in [-0.3, -0.25) is 4.79 Å². The van der Waals surface area contributed by atoms with Gasteiger partial charge in [-0.05, 0) is 37.8 Å². The van der Waals surface area contributed by atoms with E-state index in [0.29, 0.717) is 24.9 Å². The van der Waals surface area contributed by atoms with Crippen LogP contribution in [0.1, 0.15) is 37.3 Å². The van der Waals surface area contributed by atoms with Crippen molar-refractivity contribution in [1.29, 1.82) is 0 Å². The lowest BCUT2D eigenvalue weighted by molar-refractivity contribution is -0.138. The minimum Gasteiger partial charge on any atom is -0.340 e. The van der Waals surface area contributed by atoms with Gasteiger partial charge in [-0.25, -0.2) is 0 Å². The third-order valence-electron chi connectivity index (χ3n) is 3.76. The fourth-order valence-corrected chi connectivity index (χ4v) is 2.59. The number of hydrogen-bond donors (Lipinski definition) is 0. The maximum atomic E-state index is 12.6. The fraction of sp³-hybridized carbons (Fsp3) is 0.533. The van der Waals surface area contributed by atoms with Crippen LogP contribution in [0.15, 0.2) is 24.3 Å². The number of likely N-dealkylation sites (tertiary alicyclic amines) is 1. The number of benzene rings is 1. The standard InChI is InChI=1S/C15H18F3NO/c1-11-4-2-7-14(20)19(11)9-8-12-5-3-6-13(10-12)15(16,17)18/h3,5-6,10-11H,2,4,7-9H2,1H3. The minimum absolute atomic E-state index is 0.107. The highest BCUT2D eigenvalue weighted by Gasteiger charge is 2.30. The summed E-state index contributed by atoms with van der Waals surface area (Å²) >= 11 is 0. The van der Waals surface area contributed by atoms with Crippen LogP contribution in [0.4, 0.5) is 13.2 Å². The number of hydrogen-bond acceptors (Lipinski definition) is 1. The van der Waals surface area contributed by atoms with Crippen molar-refractivity contribution in [2.24, 2.45) is 0 Å². The van der Waals surface area contributed by atoms with Gasteiger partial charge in [0.25, 0.3) is 0 Å². The second-order valence-corrected chi connectivity index (χ2v) is 5.28. The zero-order chi connectivity index (χ0) is 14.8. The average Bonchev–Trinajstić information content (AvgIpc) is 2.37. The predicted octanol–water partition coefficient (Wildman–Crippen LogP) is 3.65. The molecule has 1 aliphatic rings. The molecule has 1 fully saturated rings. The molecule has 5 heteroatoms. The van der Waals surface area contributed by atoms with Crippen LogP contribution in [-0.2, 0) is 17.4 Å². The van der Waals surface area contributed by atoms with Crippen molar-refractivity contribution in [1.82, 2.24) is 4.90 Å². The van der Waals surface area contributed by atoms with Crippen molar-refractivity contribution < 1.29 is 18.0 Å². The number of rotatable bonds is 3. The molecule has 0 bridgehead atoms. The van der Waals surface area contributed by atoms with Crippen molar-refractivity contribution in [3.8, 4) is 0 Å². The van der Waals surface area contributed by atoms with Crippen LogP contribution >= 0.6 is 0 Å². The molecule has 1 aromatic carbocycles. The van der Waals surface area contributed by atoms with Crippen molar-refractivity contribution >= 4 is 5.91 Å². The Bertz CT molecular complexity index is 484. The lowest BCUT2D eigenvalue weighted by atomic mass is 10.0. The molecule has 2 nitrogen and oxygen atoms in total. The molecule has 1 aromatic rings. The van der Waals surface area contributed by atoms with E-state index in [4.69, 9.17) is 0 Å². The fourth-order valence-electron chi connectivity index (χ4n) is 2.59. The lowest BCUT2D eigenvalue weighted by Crippen LogP contribution is -2.43. The van der Waals surface area contributed by atoms with E-state index in [2.05, 4.69) is 0 Å². The van der Waals surface area contributed by atoms with E-state index < -0.39 is 11.7 Å². The highest BCUT2D eigenvalue weighted by molar-refractivity contribution is 5.77. The van der Waals surface area contributed by atoms with Gasteiger partial charge in [-0.15, -0.1) is 0 Å². The molecule has 0 N–H and O–H groups in total. The third kappa shape index (κ3) is 3.52. The van der Waals surface area contributed by atoms with Crippen LogP contribution in [0.25, 0.3) is 0 Å². The van der Waals surface area contributed by atoms with Gasteiger partial charge in [-0.1, -0.05) is 18.2 Å². The molecule has 0 spiro atoms. The Balaban J connectivity index is 2.02. The Morgan fingerprint density at radius 3 is 2.75 bits per heavy atom. The molecule has 1 atom stereocenters. The van der Waals surface area contributed by atoms with Gasteiger partial charge in [-0.2, -0.15) is 13.2 Å². The molecule has 0 saturated carbocycles. The summed E-state index contributed by atoms with van der Waals surface area (Å²) in [5.74, 6) is 0.107. The Morgan fingerprint density at radius 2 is 2.10 bits per heavy atom. The quantitative estimate of drug-likeness (QED) is 0.830. The first-order valence-corrected chi connectivity index (χ1v) is 6.83. The monoisotopic (exact) mass is 285 g/mol. The minimum atomic E-state index is -4.32. The van der Waals surface area contributed by atoms with Crippen molar-refractivity contribution in [3.63, 3.8) is 0 Å². The average molecular weight is 285 g/mol. The number of piperidine rings is 1. The van der Waals surface area contributed by atoms with E-state index in [-0.39, 0.29) is 11.9 Å². The molecular weight excluding hydrogens is 267 g/mol. The SMILES string of the molecule is CC1CCCC(=O)N1CCc1cccc(C(F)(F)F)c1. The maximum Gasteiger partial charge on any atom is 0.416 e. The van der Waals surface area contributed by atoms with E-state index in [1.807, 2.05) is 6.92 Å². The van der Waals surface area contributed by atoms with Gasteiger partial charge >= 0.3 is 6.18 Å². The number of nitrogens with zero attached hydrogens (tertiary/aromatic N) is 1. The Morgan fingerprint density at radius 1 is 1.35 bits per heavy atom. The molecule has 0 radical (unpaired) electrons. The summed E-state index contributed by atoms with van der Waals surface area (Å²) in [5.41, 5.74) is -0.0154. The van der Waals surface area contributed by atoms with Gasteiger partial charge < -0.3 is 4.90 Å². The van der Waals surface area contributed by atoms with Crippen LogP contribution in [0, 0.1) is 0 Å². The molecule has 110 valence electrons. The van der Waals surface area contributed by atoms with E-state index >= 15 is 0 Å². The van der Waals surface area contributed by atoms with E-state index in [1.54, 1.807) is 11.0 Å². The first kappa shape index (κ1) is 14.9. The van der Waals surface area contributed by atoms with Crippen LogP contribution in [0.5, 0.6) is 0 Å². The molecule has 2 rings (SSSR count). The predicted molar refractivity (Wildman–Crippen MR) is 70.2 cm³/mol. The summed E-state index contributed by atoms with van der Waals surface area (Å²) in [7, 11) is 0. The topological polar surface area (TPSA) is 20.3 Å². The molecule has 1 saturated heterocycles. The Hall–Kier alpha value is -1.52. The summed E-state index contributed by atoms with van der Waals surface area (Å²) in [4.78, 5) is 13.6. The molecule has 1 heterocycles. The second-order valence-electron chi connectivity index (χ2n) is 5.28. The first-order valence-electron chi connectivity index (χ1n) is 6.83. The highest BCUT2D eigenvalue weighted by Crippen LogP contribution is 2.29. The summed E-state index contributed by atoms with van der Waals surface area (Å²) in [6.07, 6.45) is -1.44. The van der Waals surface area contributed by atoms with Gasteiger partial charge in [0.2, 0.25) is 5.91 Å². The number of carbonyl (C=O) groups is 1. The van der Waals surface area contributed by atoms with Crippen LogP contribution in [0.3, 0.4) is 0 Å². The number of amides is 1. The molecule has 1 unspecified atom stereocenters. The molecule has 1 aliphatic heterocycles. The Kier molecular flexibility index (Phi) is 4.35. The van der Waals surface area contributed by atoms with Crippen molar-refractivity contribution in [3.05, 3.63) is 35.4 Å². The van der Waals surface area contributed by atoms with E-state index in [1.165, 1.54) is 12.1 Å². The van der Waals surface area contributed by atoms with Crippen LogP contribution in [-0.4, -0.2) is 23.4 Å². The normalized spacial score (nSPS) is 20.3. The van der Waals surface area contributed by atoms with Crippen LogP contribution < -0.4 is 0 Å². The van der Waals surface area contributed by atoms with E-state index in [9.17, 15) is 18.0 Å². The highest BCUT2D eigenvalue weighted by atomic mass is 19.4. The maximum absolute atomic E-state index is 12.6. The second kappa shape index (κ2) is 5.85. The molecule has 1 amide bonds. The summed E-state index contributed by atoms with van der Waals surface area (Å²) in [6.45, 7) is 2.48. The Labute approximate surface area is 116 Å². The zero-order valence-corrected chi connectivity index (χ0v) is 11.4. The van der Waals surface area contributed by atoms with E-state index in [0.717, 1.165) is 18.9 Å². The summed E-state index contributed by atoms with van der Waals surface area (Å²) < 4.78 is 37.9. The third-order valence-corrected chi connectivity index (χ3v) is 3.76. The largest absolute Gasteiger partial charge is 0.416 e. The summed E-state index contributed by atoms with van der Waals surface area (Å²) in [5, 5.41) is 0. The lowest BCUT2D eigenvalue weighted by Gasteiger charge is -2.33. The van der Waals surface area contributed by atoms with Crippen molar-refractivity contribution in [2.45, 2.75) is 44.8 Å². The number of halogens is 3.